The number of aldehydes is 1. The van der Waals surface area contributed by atoms with Gasteiger partial charge in [-0.1, -0.05) is 39.3 Å². The van der Waals surface area contributed by atoms with Gasteiger partial charge >= 0.3 is 5.97 Å². The van der Waals surface area contributed by atoms with E-state index in [0.717, 1.165) is 38.4 Å². The van der Waals surface area contributed by atoms with E-state index in [9.17, 15) is 24.9 Å². The third-order valence-electron chi connectivity index (χ3n) is 12.8. The van der Waals surface area contributed by atoms with Crippen LogP contribution in [0.5, 0.6) is 0 Å². The predicted molar refractivity (Wildman–Crippen MR) is 130 cm³/mol. The van der Waals surface area contributed by atoms with Gasteiger partial charge in [0.2, 0.25) is 0 Å². The van der Waals surface area contributed by atoms with Crippen LogP contribution in [0.3, 0.4) is 0 Å². The van der Waals surface area contributed by atoms with Crippen LogP contribution in [0.15, 0.2) is 11.6 Å². The van der Waals surface area contributed by atoms with E-state index < -0.39 is 28.5 Å². The summed E-state index contributed by atoms with van der Waals surface area (Å²) in [5.41, 5.74) is -1.15. The van der Waals surface area contributed by atoms with Crippen molar-refractivity contribution < 1.29 is 24.9 Å². The zero-order valence-electron chi connectivity index (χ0n) is 21.7. The fourth-order valence-corrected chi connectivity index (χ4v) is 10.3. The van der Waals surface area contributed by atoms with Crippen molar-refractivity contribution >= 4 is 12.3 Å². The topological polar surface area (TPSA) is 94.8 Å². The molecule has 0 spiro atoms. The van der Waals surface area contributed by atoms with Crippen molar-refractivity contribution in [2.24, 2.45) is 44.8 Å². The van der Waals surface area contributed by atoms with Crippen molar-refractivity contribution in [2.75, 3.05) is 0 Å². The second kappa shape index (κ2) is 7.18. The molecule has 0 aromatic carbocycles. The number of carboxylic acids is 1. The molecule has 0 bridgehead atoms. The Kier molecular flexibility index (Phi) is 5.18. The second-order valence-electron chi connectivity index (χ2n) is 14.0. The van der Waals surface area contributed by atoms with Crippen molar-refractivity contribution in [1.29, 1.82) is 0 Å². The fourth-order valence-electron chi connectivity index (χ4n) is 10.3. The van der Waals surface area contributed by atoms with E-state index in [1.54, 1.807) is 0 Å². The molecule has 5 rings (SSSR count). The lowest BCUT2D eigenvalue weighted by Crippen LogP contribution is -2.65. The number of carboxylic acid groups (broad SMARTS) is 1. The minimum absolute atomic E-state index is 0.00237. The quantitative estimate of drug-likeness (QED) is 0.382. The van der Waals surface area contributed by atoms with Crippen LogP contribution < -0.4 is 0 Å². The highest BCUT2D eigenvalue weighted by molar-refractivity contribution is 5.76. The third-order valence-corrected chi connectivity index (χ3v) is 12.8. The molecule has 5 aliphatic rings. The summed E-state index contributed by atoms with van der Waals surface area (Å²) >= 11 is 0. The molecule has 5 nitrogen and oxygen atoms in total. The summed E-state index contributed by atoms with van der Waals surface area (Å²) in [5.74, 6) is -0.262. The van der Waals surface area contributed by atoms with Crippen LogP contribution in [0.2, 0.25) is 0 Å². The Morgan fingerprint density at radius 2 is 1.65 bits per heavy atom. The van der Waals surface area contributed by atoms with E-state index in [-0.39, 0.29) is 28.1 Å². The maximum atomic E-state index is 12.7. The molecule has 34 heavy (non-hydrogen) atoms. The first-order valence-corrected chi connectivity index (χ1v) is 13.5. The van der Waals surface area contributed by atoms with Gasteiger partial charge in [-0.15, -0.1) is 0 Å². The van der Waals surface area contributed by atoms with Crippen molar-refractivity contribution in [2.45, 2.75) is 111 Å². The Balaban J connectivity index is 1.60. The van der Waals surface area contributed by atoms with Gasteiger partial charge in [0.25, 0.3) is 0 Å². The number of rotatable bonds is 2. The van der Waals surface area contributed by atoms with Gasteiger partial charge in [0.1, 0.15) is 6.29 Å². The third kappa shape index (κ3) is 2.80. The number of aliphatic hydroxyl groups is 2. The Morgan fingerprint density at radius 3 is 2.29 bits per heavy atom. The largest absolute Gasteiger partial charge is 0.481 e. The first kappa shape index (κ1) is 24.5. The molecule has 5 aliphatic carbocycles. The first-order valence-electron chi connectivity index (χ1n) is 13.5. The summed E-state index contributed by atoms with van der Waals surface area (Å²) in [4.78, 5) is 25.0. The zero-order valence-corrected chi connectivity index (χ0v) is 21.7. The van der Waals surface area contributed by atoms with Crippen LogP contribution in [0, 0.1) is 44.8 Å². The summed E-state index contributed by atoms with van der Waals surface area (Å²) in [5, 5.41) is 32.2. The molecule has 0 amide bonds. The number of allylic oxidation sites excluding steroid dienone is 2. The fraction of sp³-hybridized carbons (Fsp3) is 0.862. The van der Waals surface area contributed by atoms with Crippen molar-refractivity contribution in [3.63, 3.8) is 0 Å². The molecule has 4 fully saturated rings. The van der Waals surface area contributed by atoms with Crippen LogP contribution in [0.4, 0.5) is 0 Å². The van der Waals surface area contributed by atoms with Crippen molar-refractivity contribution in [3.05, 3.63) is 11.6 Å². The molecule has 0 aliphatic heterocycles. The number of fused-ring (bicyclic) bond motifs is 7. The summed E-state index contributed by atoms with van der Waals surface area (Å²) in [6.45, 7) is 11.0. The molecule has 3 N–H and O–H groups in total. The first-order chi connectivity index (χ1) is 15.7. The summed E-state index contributed by atoms with van der Waals surface area (Å²) in [6, 6.07) is 0. The van der Waals surface area contributed by atoms with Gasteiger partial charge in [0.05, 0.1) is 22.5 Å². The van der Waals surface area contributed by atoms with Gasteiger partial charge in [-0.25, -0.2) is 0 Å². The van der Waals surface area contributed by atoms with Crippen molar-refractivity contribution in [3.8, 4) is 0 Å². The van der Waals surface area contributed by atoms with E-state index >= 15 is 0 Å². The molecule has 0 aromatic heterocycles. The molecule has 0 radical (unpaired) electrons. The highest BCUT2D eigenvalue weighted by Gasteiger charge is 2.69. The van der Waals surface area contributed by atoms with Crippen LogP contribution >= 0.6 is 0 Å². The maximum Gasteiger partial charge on any atom is 0.310 e. The number of aliphatic hydroxyl groups excluding tert-OH is 1. The molecule has 0 saturated heterocycles. The Labute approximate surface area is 204 Å². The lowest BCUT2D eigenvalue weighted by atomic mass is 9.33. The number of hydrogen-bond acceptors (Lipinski definition) is 4. The van der Waals surface area contributed by atoms with E-state index in [2.05, 4.69) is 26.8 Å². The van der Waals surface area contributed by atoms with E-state index in [4.69, 9.17) is 0 Å². The van der Waals surface area contributed by atoms with Crippen molar-refractivity contribution in [1.82, 2.24) is 0 Å². The Bertz CT molecular complexity index is 939. The lowest BCUT2D eigenvalue weighted by molar-refractivity contribution is -0.206. The highest BCUT2D eigenvalue weighted by Crippen LogP contribution is 2.75. The predicted octanol–water partition coefficient (Wildman–Crippen LogP) is 5.14. The minimum atomic E-state index is -0.824. The molecule has 5 heteroatoms. The van der Waals surface area contributed by atoms with Crippen LogP contribution in [-0.2, 0) is 9.59 Å². The molecule has 10 atom stereocenters. The normalized spacial score (nSPS) is 56.7. The summed E-state index contributed by atoms with van der Waals surface area (Å²) in [6.07, 6.45) is 10.4. The van der Waals surface area contributed by atoms with Gasteiger partial charge in [-0.3, -0.25) is 4.79 Å². The molecular weight excluding hydrogens is 428 g/mol. The zero-order chi connectivity index (χ0) is 24.9. The highest BCUT2D eigenvalue weighted by atomic mass is 16.4. The molecule has 0 heterocycles. The number of hydrogen-bond donors (Lipinski definition) is 3. The maximum absolute atomic E-state index is 12.7. The molecule has 4 saturated carbocycles. The molecular formula is C29H44O5. The number of carbonyl (C=O) groups excluding carboxylic acids is 1. The Hall–Kier alpha value is -1.20. The van der Waals surface area contributed by atoms with Gasteiger partial charge in [0.15, 0.2) is 0 Å². The number of carbonyl (C=O) groups is 2. The second-order valence-corrected chi connectivity index (χ2v) is 14.0. The van der Waals surface area contributed by atoms with Gasteiger partial charge in [0, 0.05) is 0 Å². The standard InChI is InChI=1S/C29H44O5/c1-24(34)12-14-29(23(32)33)15-13-27(4)18(19(29)16-24)6-7-21-25(2)10-9-22(31)26(3,17-30)20(25)8-11-28(21,27)5/h6,17,19-22,31,34H,7-16H2,1-5H3,(H,32,33)/t19-,20?,21-,22+,24-,25+,26?,27-,28-,29+/m1/s1. The van der Waals surface area contributed by atoms with E-state index in [0.29, 0.717) is 38.0 Å². The van der Waals surface area contributed by atoms with E-state index in [1.165, 1.54) is 5.57 Å². The van der Waals surface area contributed by atoms with Crippen LogP contribution in [0.1, 0.15) is 98.8 Å². The van der Waals surface area contributed by atoms with Gasteiger partial charge in [-0.2, -0.15) is 0 Å². The van der Waals surface area contributed by atoms with Crippen LogP contribution in [-0.4, -0.2) is 39.3 Å². The number of aliphatic carboxylic acids is 1. The Morgan fingerprint density at radius 1 is 0.971 bits per heavy atom. The summed E-state index contributed by atoms with van der Waals surface area (Å²) in [7, 11) is 0. The SMILES string of the molecule is CC1(C=O)C2CC[C@]3(C)[C@H](CC=C4[C@H]5C[C@](C)(O)CC[C@]5(C(=O)O)CC[C@]43C)[C@@]2(C)CC[C@@H]1O. The summed E-state index contributed by atoms with van der Waals surface area (Å²) < 4.78 is 0. The molecule has 190 valence electrons. The monoisotopic (exact) mass is 472 g/mol. The average Bonchev–Trinajstić information content (AvgIpc) is 2.76. The minimum Gasteiger partial charge on any atom is -0.481 e. The smallest absolute Gasteiger partial charge is 0.310 e. The van der Waals surface area contributed by atoms with Gasteiger partial charge in [-0.05, 0) is 105 Å². The van der Waals surface area contributed by atoms with Gasteiger partial charge < -0.3 is 20.1 Å². The molecule has 0 aromatic rings. The van der Waals surface area contributed by atoms with E-state index in [1.807, 2.05) is 13.8 Å². The molecule has 2 unspecified atom stereocenters. The average molecular weight is 473 g/mol. The van der Waals surface area contributed by atoms with Crippen LogP contribution in [0.25, 0.3) is 0 Å². The lowest BCUT2D eigenvalue weighted by Gasteiger charge is -2.70.